The molecule has 1 N–H and O–H groups in total. The van der Waals surface area contributed by atoms with Crippen molar-refractivity contribution in [1.29, 1.82) is 0 Å². The van der Waals surface area contributed by atoms with Crippen LogP contribution in [0.4, 0.5) is 0 Å². The molecule has 16 heavy (non-hydrogen) atoms. The van der Waals surface area contributed by atoms with E-state index in [2.05, 4.69) is 37.4 Å². The first kappa shape index (κ1) is 10.2. The van der Waals surface area contributed by atoms with Crippen molar-refractivity contribution >= 4 is 0 Å². The molecule has 2 atom stereocenters. The Balaban J connectivity index is 1.53. The molecule has 2 heteroatoms. The van der Waals surface area contributed by atoms with Crippen LogP contribution in [0.2, 0.25) is 0 Å². The van der Waals surface area contributed by atoms with E-state index in [0.29, 0.717) is 17.6 Å². The van der Waals surface area contributed by atoms with E-state index in [-0.39, 0.29) is 0 Å². The standard InChI is InChI=1S/C14H19NO/c1-14(2)8-13(14)15-9-11-7-10-5-3-4-6-12(10)16-11/h3-6,11,13,15H,7-9H2,1-2H3. The monoisotopic (exact) mass is 217 g/mol. The molecule has 1 aromatic rings. The summed E-state index contributed by atoms with van der Waals surface area (Å²) in [6.07, 6.45) is 2.68. The molecular weight excluding hydrogens is 198 g/mol. The van der Waals surface area contributed by atoms with Crippen LogP contribution >= 0.6 is 0 Å². The number of hydrogen-bond acceptors (Lipinski definition) is 2. The summed E-state index contributed by atoms with van der Waals surface area (Å²) >= 11 is 0. The third-order valence-corrected chi connectivity index (χ3v) is 3.82. The number of benzene rings is 1. The van der Waals surface area contributed by atoms with Gasteiger partial charge in [-0.3, -0.25) is 0 Å². The fraction of sp³-hybridized carbons (Fsp3) is 0.571. The van der Waals surface area contributed by atoms with Gasteiger partial charge in [-0.1, -0.05) is 32.0 Å². The van der Waals surface area contributed by atoms with Crippen molar-refractivity contribution in [2.75, 3.05) is 6.54 Å². The molecular formula is C14H19NO. The van der Waals surface area contributed by atoms with Crippen LogP contribution in [-0.2, 0) is 6.42 Å². The SMILES string of the molecule is CC1(C)CC1NCC1Cc2ccccc2O1. The Kier molecular flexibility index (Phi) is 2.21. The Bertz CT molecular complexity index is 374. The summed E-state index contributed by atoms with van der Waals surface area (Å²) in [6.45, 7) is 5.60. The van der Waals surface area contributed by atoms with Gasteiger partial charge in [-0.25, -0.2) is 0 Å². The molecule has 0 radical (unpaired) electrons. The Hall–Kier alpha value is -1.02. The fourth-order valence-corrected chi connectivity index (χ4v) is 2.46. The largest absolute Gasteiger partial charge is 0.488 e. The van der Waals surface area contributed by atoms with E-state index in [1.54, 1.807) is 0 Å². The zero-order valence-corrected chi connectivity index (χ0v) is 9.99. The predicted molar refractivity (Wildman–Crippen MR) is 64.8 cm³/mol. The topological polar surface area (TPSA) is 21.3 Å². The molecule has 1 saturated carbocycles. The summed E-state index contributed by atoms with van der Waals surface area (Å²) in [4.78, 5) is 0. The zero-order valence-electron chi connectivity index (χ0n) is 9.99. The minimum Gasteiger partial charge on any atom is -0.488 e. The van der Waals surface area contributed by atoms with Crippen molar-refractivity contribution in [2.45, 2.75) is 38.8 Å². The third kappa shape index (κ3) is 1.82. The van der Waals surface area contributed by atoms with Crippen molar-refractivity contribution in [3.63, 3.8) is 0 Å². The first-order chi connectivity index (χ1) is 7.65. The molecule has 1 aliphatic carbocycles. The normalized spacial score (nSPS) is 29.6. The molecule has 1 aliphatic heterocycles. The van der Waals surface area contributed by atoms with Crippen LogP contribution in [0.1, 0.15) is 25.8 Å². The van der Waals surface area contributed by atoms with Crippen molar-refractivity contribution in [3.8, 4) is 5.75 Å². The minimum absolute atomic E-state index is 0.328. The van der Waals surface area contributed by atoms with E-state index >= 15 is 0 Å². The second kappa shape index (κ2) is 3.49. The van der Waals surface area contributed by atoms with Crippen LogP contribution in [-0.4, -0.2) is 18.7 Å². The maximum atomic E-state index is 5.89. The molecule has 1 aromatic carbocycles. The van der Waals surface area contributed by atoms with Gasteiger partial charge in [-0.05, 0) is 23.5 Å². The van der Waals surface area contributed by atoms with Gasteiger partial charge in [0.1, 0.15) is 11.9 Å². The molecule has 0 saturated heterocycles. The third-order valence-electron chi connectivity index (χ3n) is 3.82. The average Bonchev–Trinajstić information content (AvgIpc) is 2.72. The van der Waals surface area contributed by atoms with E-state index in [1.807, 2.05) is 6.07 Å². The second-order valence-electron chi connectivity index (χ2n) is 5.71. The molecule has 2 unspecified atom stereocenters. The van der Waals surface area contributed by atoms with Gasteiger partial charge in [0.15, 0.2) is 0 Å². The maximum Gasteiger partial charge on any atom is 0.123 e. The molecule has 86 valence electrons. The Labute approximate surface area is 97.0 Å². The van der Waals surface area contributed by atoms with E-state index in [4.69, 9.17) is 4.74 Å². The van der Waals surface area contributed by atoms with Gasteiger partial charge in [0.25, 0.3) is 0 Å². The van der Waals surface area contributed by atoms with Crippen molar-refractivity contribution in [3.05, 3.63) is 29.8 Å². The molecule has 2 aliphatic rings. The van der Waals surface area contributed by atoms with Gasteiger partial charge in [-0.2, -0.15) is 0 Å². The maximum absolute atomic E-state index is 5.89. The van der Waals surface area contributed by atoms with Crippen molar-refractivity contribution in [2.24, 2.45) is 5.41 Å². The van der Waals surface area contributed by atoms with Crippen molar-refractivity contribution < 1.29 is 4.74 Å². The highest BCUT2D eigenvalue weighted by Gasteiger charge is 2.45. The zero-order chi connectivity index (χ0) is 11.2. The lowest BCUT2D eigenvalue weighted by molar-refractivity contribution is 0.225. The molecule has 1 heterocycles. The lowest BCUT2D eigenvalue weighted by Gasteiger charge is -2.12. The summed E-state index contributed by atoms with van der Waals surface area (Å²) in [7, 11) is 0. The van der Waals surface area contributed by atoms with Crippen LogP contribution in [0.5, 0.6) is 5.75 Å². The predicted octanol–water partition coefficient (Wildman–Crippen LogP) is 2.38. The van der Waals surface area contributed by atoms with Crippen LogP contribution in [0.3, 0.4) is 0 Å². The van der Waals surface area contributed by atoms with Crippen molar-refractivity contribution in [1.82, 2.24) is 5.32 Å². The van der Waals surface area contributed by atoms with Crippen LogP contribution in [0, 0.1) is 5.41 Å². The fourth-order valence-electron chi connectivity index (χ4n) is 2.46. The minimum atomic E-state index is 0.328. The molecule has 0 amide bonds. The molecule has 2 nitrogen and oxygen atoms in total. The van der Waals surface area contributed by atoms with Crippen LogP contribution < -0.4 is 10.1 Å². The highest BCUT2D eigenvalue weighted by atomic mass is 16.5. The van der Waals surface area contributed by atoms with Gasteiger partial charge in [0, 0.05) is 19.0 Å². The van der Waals surface area contributed by atoms with E-state index in [9.17, 15) is 0 Å². The summed E-state index contributed by atoms with van der Waals surface area (Å²) in [5.74, 6) is 1.07. The Morgan fingerprint density at radius 3 is 2.81 bits per heavy atom. The van der Waals surface area contributed by atoms with E-state index < -0.39 is 0 Å². The quantitative estimate of drug-likeness (QED) is 0.839. The van der Waals surface area contributed by atoms with Crippen LogP contribution in [0.15, 0.2) is 24.3 Å². The number of hydrogen-bond donors (Lipinski definition) is 1. The highest BCUT2D eigenvalue weighted by molar-refractivity contribution is 5.37. The van der Waals surface area contributed by atoms with Gasteiger partial charge < -0.3 is 10.1 Å². The number of para-hydroxylation sites is 1. The molecule has 1 fully saturated rings. The Morgan fingerprint density at radius 2 is 2.12 bits per heavy atom. The number of fused-ring (bicyclic) bond motifs is 1. The van der Waals surface area contributed by atoms with Gasteiger partial charge >= 0.3 is 0 Å². The molecule has 0 aromatic heterocycles. The first-order valence-electron chi connectivity index (χ1n) is 6.13. The average molecular weight is 217 g/mol. The molecule has 0 spiro atoms. The number of rotatable bonds is 3. The summed E-state index contributed by atoms with van der Waals surface area (Å²) in [5, 5.41) is 3.60. The van der Waals surface area contributed by atoms with Gasteiger partial charge in [0.2, 0.25) is 0 Å². The summed E-state index contributed by atoms with van der Waals surface area (Å²) < 4.78 is 5.89. The first-order valence-corrected chi connectivity index (χ1v) is 6.13. The molecule has 3 rings (SSSR count). The van der Waals surface area contributed by atoms with Gasteiger partial charge in [-0.15, -0.1) is 0 Å². The highest BCUT2D eigenvalue weighted by Crippen LogP contribution is 2.44. The summed E-state index contributed by atoms with van der Waals surface area (Å²) in [5.41, 5.74) is 1.86. The smallest absolute Gasteiger partial charge is 0.123 e. The van der Waals surface area contributed by atoms with Gasteiger partial charge in [0.05, 0.1) is 0 Å². The number of ether oxygens (including phenoxy) is 1. The van der Waals surface area contributed by atoms with E-state index in [0.717, 1.165) is 18.7 Å². The lowest BCUT2D eigenvalue weighted by atomic mass is 10.1. The van der Waals surface area contributed by atoms with E-state index in [1.165, 1.54) is 12.0 Å². The lowest BCUT2D eigenvalue weighted by Crippen LogP contribution is -2.33. The number of nitrogens with one attached hydrogen (secondary N) is 1. The molecule has 0 bridgehead atoms. The Morgan fingerprint density at radius 1 is 1.38 bits per heavy atom. The van der Waals surface area contributed by atoms with Crippen LogP contribution in [0.25, 0.3) is 0 Å². The summed E-state index contributed by atoms with van der Waals surface area (Å²) in [6, 6.07) is 9.05. The second-order valence-corrected chi connectivity index (χ2v) is 5.71.